The van der Waals surface area contributed by atoms with Crippen LogP contribution in [-0.4, -0.2) is 11.0 Å². The summed E-state index contributed by atoms with van der Waals surface area (Å²) in [5.41, 5.74) is 2.93. The Morgan fingerprint density at radius 3 is 2.58 bits per heavy atom. The van der Waals surface area contributed by atoms with Crippen LogP contribution >= 0.6 is 15.9 Å². The van der Waals surface area contributed by atoms with Crippen LogP contribution in [-0.2, 0) is 0 Å². The first-order chi connectivity index (χ1) is 8.97. The molecule has 0 fully saturated rings. The van der Waals surface area contributed by atoms with Crippen molar-refractivity contribution in [3.8, 4) is 5.75 Å². The van der Waals surface area contributed by atoms with Gasteiger partial charge >= 0.3 is 0 Å². The number of phenolic OH excluding ortho intramolecular Hbond substituents is 1. The van der Waals surface area contributed by atoms with Gasteiger partial charge in [0, 0.05) is 16.2 Å². The zero-order valence-electron chi connectivity index (χ0n) is 10.7. The van der Waals surface area contributed by atoms with Gasteiger partial charge in [-0.2, -0.15) is 0 Å². The van der Waals surface area contributed by atoms with Crippen molar-refractivity contribution in [1.82, 2.24) is 0 Å². The molecule has 0 atom stereocenters. The number of phenols is 1. The smallest absolute Gasteiger partial charge is 0.256 e. The topological polar surface area (TPSA) is 49.3 Å². The van der Waals surface area contributed by atoms with Crippen LogP contribution in [0.2, 0.25) is 0 Å². The summed E-state index contributed by atoms with van der Waals surface area (Å²) in [7, 11) is 0. The van der Waals surface area contributed by atoms with Gasteiger partial charge in [-0.15, -0.1) is 0 Å². The van der Waals surface area contributed by atoms with E-state index in [4.69, 9.17) is 0 Å². The number of halogens is 1. The minimum Gasteiger partial charge on any atom is -0.508 e. The lowest BCUT2D eigenvalue weighted by molar-refractivity contribution is 0.102. The number of hydrogen-bond donors (Lipinski definition) is 2. The van der Waals surface area contributed by atoms with E-state index in [0.29, 0.717) is 11.3 Å². The molecule has 4 heteroatoms. The van der Waals surface area contributed by atoms with Crippen molar-refractivity contribution in [3.05, 3.63) is 57.6 Å². The van der Waals surface area contributed by atoms with Crippen molar-refractivity contribution >= 4 is 27.5 Å². The minimum absolute atomic E-state index is 0.168. The third-order valence-electron chi connectivity index (χ3n) is 2.83. The third kappa shape index (κ3) is 3.15. The number of carbonyl (C=O) groups excluding carboxylic acids is 1. The molecule has 1 amide bonds. The van der Waals surface area contributed by atoms with Crippen molar-refractivity contribution in [1.29, 1.82) is 0 Å². The number of aromatic hydroxyl groups is 1. The zero-order chi connectivity index (χ0) is 14.0. The van der Waals surface area contributed by atoms with E-state index < -0.39 is 0 Å². The quantitative estimate of drug-likeness (QED) is 0.878. The molecule has 0 radical (unpaired) electrons. The second-order valence-electron chi connectivity index (χ2n) is 4.44. The SMILES string of the molecule is Cc1ccc(Br)c(C(=O)Nc2ccc(C)c(O)c2)c1. The Labute approximate surface area is 120 Å². The molecule has 98 valence electrons. The van der Waals surface area contributed by atoms with E-state index in [1.165, 1.54) is 6.07 Å². The summed E-state index contributed by atoms with van der Waals surface area (Å²) in [5.74, 6) is -0.0417. The number of carbonyl (C=O) groups is 1. The van der Waals surface area contributed by atoms with Crippen molar-refractivity contribution in [2.45, 2.75) is 13.8 Å². The average molecular weight is 320 g/mol. The molecule has 0 bridgehead atoms. The predicted molar refractivity (Wildman–Crippen MR) is 79.7 cm³/mol. The molecule has 2 aromatic carbocycles. The van der Waals surface area contributed by atoms with Gasteiger partial charge in [0.15, 0.2) is 0 Å². The Morgan fingerprint density at radius 1 is 1.16 bits per heavy atom. The third-order valence-corrected chi connectivity index (χ3v) is 3.52. The molecule has 2 aromatic rings. The number of amides is 1. The van der Waals surface area contributed by atoms with E-state index in [9.17, 15) is 9.90 Å². The summed E-state index contributed by atoms with van der Waals surface area (Å²) in [6.45, 7) is 3.74. The van der Waals surface area contributed by atoms with Crippen LogP contribution in [0.4, 0.5) is 5.69 Å². The molecule has 0 aromatic heterocycles. The van der Waals surface area contributed by atoms with Crippen LogP contribution in [0.3, 0.4) is 0 Å². The highest BCUT2D eigenvalue weighted by Gasteiger charge is 2.11. The first kappa shape index (κ1) is 13.6. The Bertz CT molecular complexity index is 638. The molecule has 0 aliphatic heterocycles. The van der Waals surface area contributed by atoms with E-state index in [1.807, 2.05) is 25.1 Å². The maximum Gasteiger partial charge on any atom is 0.256 e. The maximum absolute atomic E-state index is 12.2. The molecule has 2 rings (SSSR count). The van der Waals surface area contributed by atoms with Crippen LogP contribution in [0, 0.1) is 13.8 Å². The average Bonchev–Trinajstić information content (AvgIpc) is 2.36. The first-order valence-corrected chi connectivity index (χ1v) is 6.64. The van der Waals surface area contributed by atoms with Gasteiger partial charge in [-0.3, -0.25) is 4.79 Å². The minimum atomic E-state index is -0.209. The molecular weight excluding hydrogens is 306 g/mol. The normalized spacial score (nSPS) is 10.3. The number of rotatable bonds is 2. The Kier molecular flexibility index (Phi) is 3.90. The largest absolute Gasteiger partial charge is 0.508 e. The molecule has 19 heavy (non-hydrogen) atoms. The fourth-order valence-corrected chi connectivity index (χ4v) is 2.13. The molecule has 0 saturated carbocycles. The molecule has 0 aliphatic carbocycles. The standard InChI is InChI=1S/C15H14BrNO2/c1-9-3-6-13(16)12(7-9)15(19)17-11-5-4-10(2)14(18)8-11/h3-8,18H,1-2H3,(H,17,19). The molecular formula is C15H14BrNO2. The fourth-order valence-electron chi connectivity index (χ4n) is 1.70. The van der Waals surface area contributed by atoms with Gasteiger partial charge < -0.3 is 10.4 Å². The second kappa shape index (κ2) is 5.45. The molecule has 0 heterocycles. The Balaban J connectivity index is 2.25. The van der Waals surface area contributed by atoms with Crippen LogP contribution < -0.4 is 5.32 Å². The highest BCUT2D eigenvalue weighted by molar-refractivity contribution is 9.10. The zero-order valence-corrected chi connectivity index (χ0v) is 12.3. The van der Waals surface area contributed by atoms with Crippen molar-refractivity contribution in [2.24, 2.45) is 0 Å². The second-order valence-corrected chi connectivity index (χ2v) is 5.29. The number of aryl methyl sites for hydroxylation is 2. The highest BCUT2D eigenvalue weighted by Crippen LogP contribution is 2.23. The predicted octanol–water partition coefficient (Wildman–Crippen LogP) is 4.02. The highest BCUT2D eigenvalue weighted by atomic mass is 79.9. The van der Waals surface area contributed by atoms with Gasteiger partial charge in [-0.05, 0) is 53.5 Å². The van der Waals surface area contributed by atoms with Crippen LogP contribution in [0.15, 0.2) is 40.9 Å². The Hall–Kier alpha value is -1.81. The molecule has 0 aliphatic rings. The molecule has 0 saturated heterocycles. The Morgan fingerprint density at radius 2 is 1.89 bits per heavy atom. The first-order valence-electron chi connectivity index (χ1n) is 5.84. The molecule has 2 N–H and O–H groups in total. The van der Waals surface area contributed by atoms with Crippen LogP contribution in [0.5, 0.6) is 5.75 Å². The summed E-state index contributed by atoms with van der Waals surface area (Å²) in [4.78, 5) is 12.2. The molecule has 0 spiro atoms. The summed E-state index contributed by atoms with van der Waals surface area (Å²) in [6, 6.07) is 10.6. The van der Waals surface area contributed by atoms with E-state index in [-0.39, 0.29) is 11.7 Å². The summed E-state index contributed by atoms with van der Waals surface area (Å²) < 4.78 is 0.743. The van der Waals surface area contributed by atoms with E-state index >= 15 is 0 Å². The van der Waals surface area contributed by atoms with Crippen molar-refractivity contribution < 1.29 is 9.90 Å². The van der Waals surface area contributed by atoms with Crippen LogP contribution in [0.1, 0.15) is 21.5 Å². The summed E-state index contributed by atoms with van der Waals surface area (Å²) >= 11 is 3.36. The number of anilines is 1. The van der Waals surface area contributed by atoms with Gasteiger partial charge in [-0.25, -0.2) is 0 Å². The van der Waals surface area contributed by atoms with Gasteiger partial charge in [-0.1, -0.05) is 17.7 Å². The lowest BCUT2D eigenvalue weighted by Gasteiger charge is -2.09. The summed E-state index contributed by atoms with van der Waals surface area (Å²) in [6.07, 6.45) is 0. The van der Waals surface area contributed by atoms with E-state index in [0.717, 1.165) is 15.6 Å². The number of hydrogen-bond acceptors (Lipinski definition) is 2. The van der Waals surface area contributed by atoms with Gasteiger partial charge in [0.2, 0.25) is 0 Å². The lowest BCUT2D eigenvalue weighted by atomic mass is 10.1. The van der Waals surface area contributed by atoms with Crippen molar-refractivity contribution in [3.63, 3.8) is 0 Å². The van der Waals surface area contributed by atoms with Crippen LogP contribution in [0.25, 0.3) is 0 Å². The number of nitrogens with one attached hydrogen (secondary N) is 1. The molecule has 0 unspecified atom stereocenters. The summed E-state index contributed by atoms with van der Waals surface area (Å²) in [5, 5.41) is 12.4. The molecule has 3 nitrogen and oxygen atoms in total. The van der Waals surface area contributed by atoms with Gasteiger partial charge in [0.25, 0.3) is 5.91 Å². The lowest BCUT2D eigenvalue weighted by Crippen LogP contribution is -2.12. The fraction of sp³-hybridized carbons (Fsp3) is 0.133. The van der Waals surface area contributed by atoms with Gasteiger partial charge in [0.1, 0.15) is 5.75 Å². The van der Waals surface area contributed by atoms with E-state index in [2.05, 4.69) is 21.2 Å². The maximum atomic E-state index is 12.2. The monoisotopic (exact) mass is 319 g/mol. The number of benzene rings is 2. The van der Waals surface area contributed by atoms with Crippen molar-refractivity contribution in [2.75, 3.05) is 5.32 Å². The van der Waals surface area contributed by atoms with Gasteiger partial charge in [0.05, 0.1) is 5.56 Å². The van der Waals surface area contributed by atoms with E-state index in [1.54, 1.807) is 19.1 Å².